The molecule has 27 heavy (non-hydrogen) atoms. The summed E-state index contributed by atoms with van der Waals surface area (Å²) in [5.41, 5.74) is 9.20. The van der Waals surface area contributed by atoms with E-state index in [0.717, 1.165) is 12.1 Å². The number of rotatable bonds is 4. The number of benzene rings is 1. The van der Waals surface area contributed by atoms with Crippen LogP contribution in [-0.2, 0) is 9.59 Å². The van der Waals surface area contributed by atoms with Crippen LogP contribution in [0, 0.1) is 37.5 Å². The molecule has 3 aliphatic rings. The van der Waals surface area contributed by atoms with Crippen LogP contribution in [0.25, 0.3) is 0 Å². The van der Waals surface area contributed by atoms with Gasteiger partial charge in [-0.2, -0.15) is 0 Å². The van der Waals surface area contributed by atoms with Gasteiger partial charge in [-0.1, -0.05) is 18.2 Å². The van der Waals surface area contributed by atoms with Gasteiger partial charge >= 0.3 is 0 Å². The molecule has 0 spiro atoms. The highest BCUT2D eigenvalue weighted by Gasteiger charge is 2.58. The third kappa shape index (κ3) is 3.49. The van der Waals surface area contributed by atoms with E-state index in [2.05, 4.69) is 29.4 Å². The Hall–Kier alpha value is -1.90. The van der Waals surface area contributed by atoms with Gasteiger partial charge in [0.1, 0.15) is 0 Å². The average Bonchev–Trinajstić information content (AvgIpc) is 3.27. The Morgan fingerprint density at radius 2 is 1.78 bits per heavy atom. The number of amides is 2. The van der Waals surface area contributed by atoms with E-state index in [1.165, 1.54) is 16.0 Å². The van der Waals surface area contributed by atoms with Crippen LogP contribution in [0.4, 0.5) is 5.69 Å². The molecule has 2 fully saturated rings. The summed E-state index contributed by atoms with van der Waals surface area (Å²) < 4.78 is 0. The third-order valence-corrected chi connectivity index (χ3v) is 5.95. The van der Waals surface area contributed by atoms with Crippen molar-refractivity contribution in [2.45, 2.75) is 20.3 Å². The molecule has 7 heteroatoms. The first-order valence-electron chi connectivity index (χ1n) is 9.13. The van der Waals surface area contributed by atoms with E-state index in [-0.39, 0.29) is 65.4 Å². The number of imide groups is 1. The van der Waals surface area contributed by atoms with Gasteiger partial charge in [0.25, 0.3) is 0 Å². The number of nitrogens with one attached hydrogen (secondary N) is 1. The molecule has 1 aromatic rings. The van der Waals surface area contributed by atoms with Gasteiger partial charge in [0.05, 0.1) is 18.4 Å². The minimum Gasteiger partial charge on any atom is -0.370 e. The molecule has 1 aromatic carbocycles. The topological polar surface area (TPSA) is 87.8 Å². The molecule has 0 aromatic heterocycles. The second-order valence-corrected chi connectivity index (χ2v) is 7.52. The van der Waals surface area contributed by atoms with Crippen molar-refractivity contribution >= 4 is 47.4 Å². The normalized spacial score (nSPS) is 28.5. The van der Waals surface area contributed by atoms with Crippen LogP contribution in [0.2, 0.25) is 0 Å². The van der Waals surface area contributed by atoms with Gasteiger partial charge < -0.3 is 11.1 Å². The lowest BCUT2D eigenvalue weighted by molar-refractivity contribution is -0.140. The molecule has 4 rings (SSSR count). The predicted octanol–water partition coefficient (Wildman–Crippen LogP) is 2.46. The predicted molar refractivity (Wildman–Crippen MR) is 116 cm³/mol. The minimum atomic E-state index is -0.146. The van der Waals surface area contributed by atoms with Gasteiger partial charge in [-0.3, -0.25) is 19.5 Å². The highest BCUT2D eigenvalue weighted by atomic mass is 127. The van der Waals surface area contributed by atoms with Gasteiger partial charge in [-0.25, -0.2) is 0 Å². The van der Waals surface area contributed by atoms with Gasteiger partial charge in [-0.05, 0) is 55.4 Å². The largest absolute Gasteiger partial charge is 0.370 e. The lowest BCUT2D eigenvalue weighted by Gasteiger charge is -2.16. The number of anilines is 1. The Balaban J connectivity index is 0.00000210. The Kier molecular flexibility index (Phi) is 5.60. The van der Waals surface area contributed by atoms with Crippen LogP contribution >= 0.6 is 24.0 Å². The maximum atomic E-state index is 12.6. The molecule has 0 radical (unpaired) electrons. The molecular weight excluding hydrogens is 455 g/mol. The zero-order valence-corrected chi connectivity index (χ0v) is 17.8. The number of fused-ring (bicyclic) bond motifs is 5. The van der Waals surface area contributed by atoms with Crippen molar-refractivity contribution in [1.82, 2.24) is 4.90 Å². The minimum absolute atomic E-state index is 0. The van der Waals surface area contributed by atoms with E-state index in [1.807, 2.05) is 25.1 Å². The molecule has 1 aliphatic heterocycles. The third-order valence-electron chi connectivity index (χ3n) is 5.95. The molecule has 3 N–H and O–H groups in total. The number of carbonyl (C=O) groups excluding carboxylic acids is 2. The molecule has 6 nitrogen and oxygen atoms in total. The Morgan fingerprint density at radius 1 is 1.15 bits per heavy atom. The number of carbonyl (C=O) groups is 2. The van der Waals surface area contributed by atoms with E-state index >= 15 is 0 Å². The second-order valence-electron chi connectivity index (χ2n) is 7.52. The molecule has 4 unspecified atom stereocenters. The first-order chi connectivity index (χ1) is 12.5. The summed E-state index contributed by atoms with van der Waals surface area (Å²) >= 11 is 0. The van der Waals surface area contributed by atoms with E-state index in [1.54, 1.807) is 0 Å². The summed E-state index contributed by atoms with van der Waals surface area (Å²) in [6.45, 7) is 4.69. The Morgan fingerprint density at radius 3 is 2.37 bits per heavy atom. The maximum Gasteiger partial charge on any atom is 0.233 e. The number of nitrogens with zero attached hydrogens (tertiary/aromatic N) is 2. The van der Waals surface area contributed by atoms with Crippen molar-refractivity contribution in [2.75, 3.05) is 18.4 Å². The average molecular weight is 480 g/mol. The summed E-state index contributed by atoms with van der Waals surface area (Å²) in [6.07, 6.45) is 5.15. The van der Waals surface area contributed by atoms with Crippen molar-refractivity contribution in [1.29, 1.82) is 0 Å². The van der Waals surface area contributed by atoms with Crippen LogP contribution in [0.15, 0.2) is 35.3 Å². The molecular formula is C20H25IN4O2. The molecule has 1 heterocycles. The van der Waals surface area contributed by atoms with Crippen LogP contribution in [0.5, 0.6) is 0 Å². The van der Waals surface area contributed by atoms with Crippen molar-refractivity contribution in [3.05, 3.63) is 41.5 Å². The molecule has 2 aliphatic carbocycles. The first-order valence-corrected chi connectivity index (χ1v) is 9.13. The van der Waals surface area contributed by atoms with E-state index < -0.39 is 0 Å². The molecule has 144 valence electrons. The molecule has 2 bridgehead atoms. The van der Waals surface area contributed by atoms with Crippen LogP contribution in [0.1, 0.15) is 17.5 Å². The summed E-state index contributed by atoms with van der Waals surface area (Å²) in [5.74, 6) is 0.410. The smallest absolute Gasteiger partial charge is 0.233 e. The van der Waals surface area contributed by atoms with Crippen LogP contribution in [0.3, 0.4) is 0 Å². The number of hydrogen-bond donors (Lipinski definition) is 2. The lowest BCUT2D eigenvalue weighted by atomic mass is 9.85. The summed E-state index contributed by atoms with van der Waals surface area (Å²) in [6, 6.07) is 5.98. The number of aliphatic imine (C=N–C) groups is 1. The zero-order valence-electron chi connectivity index (χ0n) is 15.5. The molecule has 1 saturated carbocycles. The van der Waals surface area contributed by atoms with Crippen molar-refractivity contribution in [3.8, 4) is 0 Å². The fourth-order valence-electron chi connectivity index (χ4n) is 4.46. The van der Waals surface area contributed by atoms with Crippen molar-refractivity contribution in [2.24, 2.45) is 34.4 Å². The number of hydrogen-bond acceptors (Lipinski definition) is 3. The first kappa shape index (κ1) is 19.9. The fraction of sp³-hybridized carbons (Fsp3) is 0.450. The number of likely N-dealkylation sites (tertiary alicyclic amines) is 1. The highest BCUT2D eigenvalue weighted by Crippen LogP contribution is 2.52. The molecule has 4 atom stereocenters. The number of allylic oxidation sites excluding steroid dienone is 2. The Bertz CT molecular complexity index is 805. The Labute approximate surface area is 176 Å². The summed E-state index contributed by atoms with van der Waals surface area (Å²) in [4.78, 5) is 30.9. The number of aryl methyl sites for hydroxylation is 2. The van der Waals surface area contributed by atoms with Crippen molar-refractivity contribution in [3.63, 3.8) is 0 Å². The van der Waals surface area contributed by atoms with E-state index in [4.69, 9.17) is 5.73 Å². The van der Waals surface area contributed by atoms with Crippen LogP contribution < -0.4 is 11.1 Å². The van der Waals surface area contributed by atoms with Gasteiger partial charge in [0.15, 0.2) is 5.96 Å². The van der Waals surface area contributed by atoms with E-state index in [0.29, 0.717) is 13.1 Å². The maximum absolute atomic E-state index is 12.6. The standard InChI is InChI=1S/C20H24N4O2.HI/c1-11-3-6-15(9-12(11)2)23-20(21)22-7-8-24-18(25)16-13-4-5-14(10-13)17(16)19(24)26;/h3-6,9,13-14,16-17H,7-8,10H2,1-2H3,(H3,21,22,23);1H. The molecule has 1 saturated heterocycles. The van der Waals surface area contributed by atoms with Crippen molar-refractivity contribution < 1.29 is 9.59 Å². The van der Waals surface area contributed by atoms with Gasteiger partial charge in [0.2, 0.25) is 11.8 Å². The fourth-order valence-corrected chi connectivity index (χ4v) is 4.46. The quantitative estimate of drug-likeness (QED) is 0.228. The number of halogens is 1. The molecule has 2 amide bonds. The van der Waals surface area contributed by atoms with Gasteiger partial charge in [-0.15, -0.1) is 24.0 Å². The second kappa shape index (κ2) is 7.61. The van der Waals surface area contributed by atoms with Crippen LogP contribution in [-0.4, -0.2) is 35.8 Å². The highest BCUT2D eigenvalue weighted by molar-refractivity contribution is 14.0. The zero-order chi connectivity index (χ0) is 18.4. The van der Waals surface area contributed by atoms with Gasteiger partial charge in [0, 0.05) is 12.2 Å². The number of guanidine groups is 1. The monoisotopic (exact) mass is 480 g/mol. The summed E-state index contributed by atoms with van der Waals surface area (Å²) in [5, 5.41) is 3.05. The lowest BCUT2D eigenvalue weighted by Crippen LogP contribution is -2.35. The van der Waals surface area contributed by atoms with E-state index in [9.17, 15) is 9.59 Å². The SMILES string of the molecule is Cc1ccc(NC(N)=NCCN2C(=O)C3C4C=CC(C4)C3C2=O)cc1C.I. The summed E-state index contributed by atoms with van der Waals surface area (Å²) in [7, 11) is 0. The number of nitrogens with two attached hydrogens (primary N) is 1.